The molecule has 3 aliphatic rings. The summed E-state index contributed by atoms with van der Waals surface area (Å²) in [5.74, 6) is 1.12. The van der Waals surface area contributed by atoms with Gasteiger partial charge in [-0.1, -0.05) is 56.2 Å². The molecule has 3 N–H and O–H groups in total. The van der Waals surface area contributed by atoms with Crippen molar-refractivity contribution in [2.45, 2.75) is 103 Å². The zero-order valence-corrected chi connectivity index (χ0v) is 19.5. The highest BCUT2D eigenvalue weighted by Gasteiger charge is 2.45. The van der Waals surface area contributed by atoms with Crippen LogP contribution in [0, 0.1) is 17.3 Å². The van der Waals surface area contributed by atoms with E-state index in [0.29, 0.717) is 24.7 Å². The molecule has 0 saturated heterocycles. The highest BCUT2D eigenvalue weighted by molar-refractivity contribution is 5.40. The second kappa shape index (κ2) is 9.14. The lowest BCUT2D eigenvalue weighted by Crippen LogP contribution is -2.32. The van der Waals surface area contributed by atoms with Gasteiger partial charge >= 0.3 is 0 Å². The van der Waals surface area contributed by atoms with Crippen LogP contribution in [0.15, 0.2) is 47.1 Å². The SMILES string of the molecule is C=C1/C(=C\C=C2/CCC[C@]3(C)C([C@H](C)CCCC(C)(C)O)=CC[C@@H]23)C[C@@H](O)C[C@@H]1O. The summed E-state index contributed by atoms with van der Waals surface area (Å²) in [6.07, 6.45) is 14.5. The Bertz CT molecular complexity index is 736. The van der Waals surface area contributed by atoms with Crippen molar-refractivity contribution in [2.24, 2.45) is 17.3 Å². The Balaban J connectivity index is 1.71. The largest absolute Gasteiger partial charge is 0.393 e. The molecule has 0 aromatic carbocycles. The Morgan fingerprint density at radius 2 is 2.03 bits per heavy atom. The van der Waals surface area contributed by atoms with Gasteiger partial charge < -0.3 is 15.3 Å². The van der Waals surface area contributed by atoms with Crippen molar-refractivity contribution in [2.75, 3.05) is 0 Å². The van der Waals surface area contributed by atoms with E-state index < -0.39 is 17.8 Å². The van der Waals surface area contributed by atoms with Gasteiger partial charge in [0.1, 0.15) is 0 Å². The average molecular weight is 415 g/mol. The van der Waals surface area contributed by atoms with Gasteiger partial charge in [0, 0.05) is 6.42 Å². The van der Waals surface area contributed by atoms with E-state index in [1.807, 2.05) is 13.8 Å². The normalized spacial score (nSPS) is 36.2. The average Bonchev–Trinajstić information content (AvgIpc) is 3.00. The van der Waals surface area contributed by atoms with Crippen molar-refractivity contribution in [1.82, 2.24) is 0 Å². The Kier molecular flexibility index (Phi) is 7.16. The Hall–Kier alpha value is -1.16. The molecule has 0 bridgehead atoms. The molecular weight excluding hydrogens is 372 g/mol. The van der Waals surface area contributed by atoms with Gasteiger partial charge in [-0.15, -0.1) is 0 Å². The third kappa shape index (κ3) is 5.18. The van der Waals surface area contributed by atoms with Gasteiger partial charge in [-0.2, -0.15) is 0 Å². The second-order valence-corrected chi connectivity index (χ2v) is 10.9. The quantitative estimate of drug-likeness (QED) is 0.494. The van der Waals surface area contributed by atoms with E-state index in [9.17, 15) is 15.3 Å². The molecule has 0 aromatic heterocycles. The summed E-state index contributed by atoms with van der Waals surface area (Å²) < 4.78 is 0. The summed E-state index contributed by atoms with van der Waals surface area (Å²) in [6.45, 7) is 12.7. The molecule has 0 radical (unpaired) electrons. The van der Waals surface area contributed by atoms with Crippen LogP contribution in [0.1, 0.15) is 85.5 Å². The first kappa shape index (κ1) is 23.5. The van der Waals surface area contributed by atoms with Crippen molar-refractivity contribution < 1.29 is 15.3 Å². The minimum absolute atomic E-state index is 0.235. The lowest BCUT2D eigenvalue weighted by molar-refractivity contribution is 0.0670. The van der Waals surface area contributed by atoms with Crippen LogP contribution < -0.4 is 0 Å². The third-order valence-electron chi connectivity index (χ3n) is 7.83. The lowest BCUT2D eigenvalue weighted by Gasteiger charge is -2.42. The van der Waals surface area contributed by atoms with Gasteiger partial charge in [-0.25, -0.2) is 0 Å². The van der Waals surface area contributed by atoms with Crippen LogP contribution in [0.4, 0.5) is 0 Å². The smallest absolute Gasteiger partial charge is 0.0811 e. The van der Waals surface area contributed by atoms with Crippen molar-refractivity contribution >= 4 is 0 Å². The Morgan fingerprint density at radius 1 is 1.30 bits per heavy atom. The molecule has 3 rings (SSSR count). The lowest BCUT2D eigenvalue weighted by atomic mass is 9.62. The van der Waals surface area contributed by atoms with Crippen LogP contribution in [0.3, 0.4) is 0 Å². The molecule has 0 heterocycles. The van der Waals surface area contributed by atoms with Crippen LogP contribution in [0.25, 0.3) is 0 Å². The first-order chi connectivity index (χ1) is 14.0. The van der Waals surface area contributed by atoms with Gasteiger partial charge in [0.25, 0.3) is 0 Å². The number of hydrogen-bond donors (Lipinski definition) is 3. The van der Waals surface area contributed by atoms with E-state index in [2.05, 4.69) is 38.7 Å². The monoisotopic (exact) mass is 414 g/mol. The van der Waals surface area contributed by atoms with Gasteiger partial charge in [0.2, 0.25) is 0 Å². The standard InChI is InChI=1S/C27H42O3/c1-18(8-6-14-26(3,4)30)23-12-13-24-20(9-7-15-27(23,24)5)10-11-21-16-22(28)17-25(29)19(21)2/h10-12,18,22,24-25,28-30H,2,6-9,13-17H2,1,3-5H3/b20-10+,21-11-/t18-,22-,24+,25+,27-/m1/s1. The fraction of sp³-hybridized carbons (Fsp3) is 0.704. The highest BCUT2D eigenvalue weighted by Crippen LogP contribution is 2.57. The minimum atomic E-state index is -0.625. The molecule has 5 atom stereocenters. The van der Waals surface area contributed by atoms with E-state index in [4.69, 9.17) is 0 Å². The second-order valence-electron chi connectivity index (χ2n) is 10.9. The molecule has 0 amide bonds. The van der Waals surface area contributed by atoms with E-state index in [0.717, 1.165) is 43.3 Å². The summed E-state index contributed by atoms with van der Waals surface area (Å²) in [7, 11) is 0. The highest BCUT2D eigenvalue weighted by atomic mass is 16.3. The fourth-order valence-corrected chi connectivity index (χ4v) is 6.08. The zero-order chi connectivity index (χ0) is 22.1. The summed E-state index contributed by atoms with van der Waals surface area (Å²) in [4.78, 5) is 0. The first-order valence-electron chi connectivity index (χ1n) is 11.9. The van der Waals surface area contributed by atoms with Crippen LogP contribution in [-0.4, -0.2) is 33.1 Å². The summed E-state index contributed by atoms with van der Waals surface area (Å²) in [6, 6.07) is 0. The maximum atomic E-state index is 10.1. The predicted molar refractivity (Wildman–Crippen MR) is 124 cm³/mol. The molecule has 168 valence electrons. The molecule has 3 heteroatoms. The molecule has 2 fully saturated rings. The van der Waals surface area contributed by atoms with Gasteiger partial charge in [-0.3, -0.25) is 0 Å². The van der Waals surface area contributed by atoms with E-state index >= 15 is 0 Å². The minimum Gasteiger partial charge on any atom is -0.393 e. The van der Waals surface area contributed by atoms with Crippen molar-refractivity contribution in [3.8, 4) is 0 Å². The van der Waals surface area contributed by atoms with Gasteiger partial charge in [0.05, 0.1) is 17.8 Å². The van der Waals surface area contributed by atoms with Crippen LogP contribution >= 0.6 is 0 Å². The van der Waals surface area contributed by atoms with E-state index in [1.165, 1.54) is 18.4 Å². The number of rotatable bonds is 6. The number of aliphatic hydroxyl groups is 3. The molecule has 3 aliphatic carbocycles. The molecule has 0 unspecified atom stereocenters. The zero-order valence-electron chi connectivity index (χ0n) is 19.5. The Morgan fingerprint density at radius 3 is 2.73 bits per heavy atom. The van der Waals surface area contributed by atoms with E-state index in [-0.39, 0.29) is 5.41 Å². The number of aliphatic hydroxyl groups excluding tert-OH is 2. The summed E-state index contributed by atoms with van der Waals surface area (Å²) in [5.41, 5.74) is 4.55. The van der Waals surface area contributed by atoms with Crippen molar-refractivity contribution in [1.29, 1.82) is 0 Å². The number of hydrogen-bond acceptors (Lipinski definition) is 3. The summed E-state index contributed by atoms with van der Waals surface area (Å²) in [5, 5.41) is 30.2. The van der Waals surface area contributed by atoms with Crippen LogP contribution in [-0.2, 0) is 0 Å². The molecule has 0 aliphatic heterocycles. The first-order valence-corrected chi connectivity index (χ1v) is 11.9. The Labute approximate surface area is 183 Å². The maximum Gasteiger partial charge on any atom is 0.0811 e. The topological polar surface area (TPSA) is 60.7 Å². The fourth-order valence-electron chi connectivity index (χ4n) is 6.08. The van der Waals surface area contributed by atoms with Crippen LogP contribution in [0.2, 0.25) is 0 Å². The van der Waals surface area contributed by atoms with E-state index in [1.54, 1.807) is 5.57 Å². The predicted octanol–water partition coefficient (Wildman–Crippen LogP) is 5.62. The molecule has 2 saturated carbocycles. The summed E-state index contributed by atoms with van der Waals surface area (Å²) >= 11 is 0. The molecular formula is C27H42O3. The van der Waals surface area contributed by atoms with Crippen molar-refractivity contribution in [3.05, 3.63) is 47.1 Å². The molecule has 0 spiro atoms. The molecule has 3 nitrogen and oxygen atoms in total. The maximum absolute atomic E-state index is 10.1. The van der Waals surface area contributed by atoms with Crippen LogP contribution in [0.5, 0.6) is 0 Å². The molecule has 0 aromatic rings. The van der Waals surface area contributed by atoms with Crippen molar-refractivity contribution in [3.63, 3.8) is 0 Å². The van der Waals surface area contributed by atoms with Gasteiger partial charge in [0.15, 0.2) is 0 Å². The third-order valence-corrected chi connectivity index (χ3v) is 7.83. The van der Waals surface area contributed by atoms with Gasteiger partial charge in [-0.05, 0) is 87.2 Å². The molecule has 30 heavy (non-hydrogen) atoms. The number of allylic oxidation sites excluding steroid dienone is 5. The number of fused-ring (bicyclic) bond motifs is 1.